The fourth-order valence-electron chi connectivity index (χ4n) is 1.10. The van der Waals surface area contributed by atoms with Crippen molar-refractivity contribution < 1.29 is 4.74 Å². The van der Waals surface area contributed by atoms with Crippen molar-refractivity contribution in [2.75, 3.05) is 0 Å². The van der Waals surface area contributed by atoms with Crippen LogP contribution in [0.1, 0.15) is 5.82 Å². The first-order valence-corrected chi connectivity index (χ1v) is 4.37. The maximum atomic E-state index is 5.51. The van der Waals surface area contributed by atoms with E-state index in [-0.39, 0.29) is 0 Å². The fourth-order valence-corrected chi connectivity index (χ4v) is 1.10. The Morgan fingerprint density at radius 2 is 1.86 bits per heavy atom. The number of benzene rings is 1. The van der Waals surface area contributed by atoms with E-state index < -0.39 is 0 Å². The van der Waals surface area contributed by atoms with Gasteiger partial charge >= 0.3 is 0 Å². The van der Waals surface area contributed by atoms with Crippen molar-refractivity contribution in [3.8, 4) is 11.6 Å². The minimum Gasteiger partial charge on any atom is -0.439 e. The fraction of sp³-hybridized carbons (Fsp3) is 0.0909. The van der Waals surface area contributed by atoms with Gasteiger partial charge in [0.1, 0.15) is 11.6 Å². The van der Waals surface area contributed by atoms with E-state index in [2.05, 4.69) is 9.97 Å². The van der Waals surface area contributed by atoms with Gasteiger partial charge < -0.3 is 4.74 Å². The number of ether oxygens (including phenoxy) is 1. The van der Waals surface area contributed by atoms with Crippen LogP contribution in [-0.2, 0) is 0 Å². The summed E-state index contributed by atoms with van der Waals surface area (Å²) in [5, 5.41) is 0. The molecule has 0 atom stereocenters. The first-order chi connectivity index (χ1) is 6.84. The first-order valence-electron chi connectivity index (χ1n) is 4.37. The summed E-state index contributed by atoms with van der Waals surface area (Å²) in [6.45, 7) is 1.83. The van der Waals surface area contributed by atoms with Crippen molar-refractivity contribution >= 4 is 0 Å². The average molecular weight is 186 g/mol. The van der Waals surface area contributed by atoms with Crippen LogP contribution >= 0.6 is 0 Å². The molecule has 3 nitrogen and oxygen atoms in total. The van der Waals surface area contributed by atoms with Crippen molar-refractivity contribution in [2.24, 2.45) is 0 Å². The van der Waals surface area contributed by atoms with Crippen molar-refractivity contribution in [1.29, 1.82) is 0 Å². The minimum absolute atomic E-state index is 0.573. The van der Waals surface area contributed by atoms with Crippen molar-refractivity contribution in [2.45, 2.75) is 6.92 Å². The molecule has 1 heterocycles. The van der Waals surface area contributed by atoms with Gasteiger partial charge in [-0.25, -0.2) is 4.98 Å². The lowest BCUT2D eigenvalue weighted by Crippen LogP contribution is -1.91. The predicted molar refractivity (Wildman–Crippen MR) is 53.3 cm³/mol. The molecule has 0 aliphatic rings. The molecule has 0 saturated heterocycles. The van der Waals surface area contributed by atoms with Crippen LogP contribution < -0.4 is 4.74 Å². The summed E-state index contributed by atoms with van der Waals surface area (Å²) in [6, 6.07) is 11.3. The van der Waals surface area contributed by atoms with Gasteiger partial charge in [0.05, 0.1) is 0 Å². The highest BCUT2D eigenvalue weighted by Crippen LogP contribution is 2.17. The van der Waals surface area contributed by atoms with Crippen molar-refractivity contribution in [1.82, 2.24) is 9.97 Å². The molecule has 2 rings (SSSR count). The molecule has 0 bridgehead atoms. The monoisotopic (exact) mass is 186 g/mol. The summed E-state index contributed by atoms with van der Waals surface area (Å²) >= 11 is 0. The SMILES string of the molecule is Cc1nccc(Oc2ccccc2)n1. The van der Waals surface area contributed by atoms with Gasteiger partial charge in [0, 0.05) is 12.3 Å². The Bertz CT molecular complexity index is 415. The largest absolute Gasteiger partial charge is 0.439 e. The maximum Gasteiger partial charge on any atom is 0.222 e. The number of para-hydroxylation sites is 1. The Hall–Kier alpha value is -1.90. The molecule has 0 amide bonds. The molecular weight excluding hydrogens is 176 g/mol. The Morgan fingerprint density at radius 3 is 2.57 bits per heavy atom. The molecule has 2 aromatic rings. The molecule has 1 aromatic heterocycles. The first kappa shape index (κ1) is 8.69. The zero-order valence-electron chi connectivity index (χ0n) is 7.84. The Kier molecular flexibility index (Phi) is 2.40. The van der Waals surface area contributed by atoms with Gasteiger partial charge in [0.25, 0.3) is 0 Å². The minimum atomic E-state index is 0.573. The number of nitrogens with zero attached hydrogens (tertiary/aromatic N) is 2. The quantitative estimate of drug-likeness (QED) is 0.723. The van der Waals surface area contributed by atoms with Gasteiger partial charge in [-0.05, 0) is 19.1 Å². The molecule has 1 aromatic carbocycles. The normalized spacial score (nSPS) is 9.79. The lowest BCUT2D eigenvalue weighted by Gasteiger charge is -2.03. The van der Waals surface area contributed by atoms with Crippen LogP contribution in [0.3, 0.4) is 0 Å². The van der Waals surface area contributed by atoms with Crippen molar-refractivity contribution in [3.63, 3.8) is 0 Å². The summed E-state index contributed by atoms with van der Waals surface area (Å²) in [5.41, 5.74) is 0. The molecule has 0 aliphatic carbocycles. The van der Waals surface area contributed by atoms with E-state index in [1.54, 1.807) is 12.3 Å². The van der Waals surface area contributed by atoms with Gasteiger partial charge in [-0.1, -0.05) is 18.2 Å². The Labute approximate surface area is 82.4 Å². The van der Waals surface area contributed by atoms with Crippen LogP contribution in [-0.4, -0.2) is 9.97 Å². The highest BCUT2D eigenvalue weighted by Gasteiger charge is 1.97. The predicted octanol–water partition coefficient (Wildman–Crippen LogP) is 2.58. The second-order valence-corrected chi connectivity index (χ2v) is 2.86. The molecule has 0 N–H and O–H groups in total. The Balaban J connectivity index is 2.19. The van der Waals surface area contributed by atoms with E-state index >= 15 is 0 Å². The number of aryl methyl sites for hydroxylation is 1. The second kappa shape index (κ2) is 3.87. The molecule has 14 heavy (non-hydrogen) atoms. The van der Waals surface area contributed by atoms with Gasteiger partial charge in [0.2, 0.25) is 5.88 Å². The summed E-state index contributed by atoms with van der Waals surface area (Å²) in [4.78, 5) is 8.13. The molecule has 0 fully saturated rings. The maximum absolute atomic E-state index is 5.51. The molecule has 0 saturated carbocycles. The molecule has 3 heteroatoms. The molecular formula is C11H10N2O. The smallest absolute Gasteiger partial charge is 0.222 e. The summed E-state index contributed by atoms with van der Waals surface area (Å²) in [7, 11) is 0. The number of hydrogen-bond donors (Lipinski definition) is 0. The molecule has 0 spiro atoms. The molecule has 0 aliphatic heterocycles. The highest BCUT2D eigenvalue weighted by atomic mass is 16.5. The third kappa shape index (κ3) is 2.07. The third-order valence-electron chi connectivity index (χ3n) is 1.72. The summed E-state index contributed by atoms with van der Waals surface area (Å²) in [5.74, 6) is 2.06. The topological polar surface area (TPSA) is 35.0 Å². The van der Waals surface area contributed by atoms with E-state index in [0.29, 0.717) is 11.7 Å². The summed E-state index contributed by atoms with van der Waals surface area (Å²) in [6.07, 6.45) is 1.68. The number of rotatable bonds is 2. The van der Waals surface area contributed by atoms with Gasteiger partial charge in [0.15, 0.2) is 0 Å². The lowest BCUT2D eigenvalue weighted by molar-refractivity contribution is 0.460. The zero-order valence-corrected chi connectivity index (χ0v) is 7.84. The van der Waals surface area contributed by atoms with E-state index in [0.717, 1.165) is 5.75 Å². The number of hydrogen-bond acceptors (Lipinski definition) is 3. The van der Waals surface area contributed by atoms with Crippen LogP contribution in [0.4, 0.5) is 0 Å². The molecule has 0 unspecified atom stereocenters. The van der Waals surface area contributed by atoms with Gasteiger partial charge in [-0.2, -0.15) is 4.98 Å². The van der Waals surface area contributed by atoms with E-state index in [1.807, 2.05) is 37.3 Å². The average Bonchev–Trinajstić information content (AvgIpc) is 2.19. The van der Waals surface area contributed by atoms with Crippen LogP contribution in [0.15, 0.2) is 42.6 Å². The summed E-state index contributed by atoms with van der Waals surface area (Å²) < 4.78 is 5.51. The standard InChI is InChI=1S/C11H10N2O/c1-9-12-8-7-11(13-9)14-10-5-3-2-4-6-10/h2-8H,1H3. The van der Waals surface area contributed by atoms with E-state index in [9.17, 15) is 0 Å². The van der Waals surface area contributed by atoms with Gasteiger partial charge in [-0.15, -0.1) is 0 Å². The number of aromatic nitrogens is 2. The van der Waals surface area contributed by atoms with Crippen molar-refractivity contribution in [3.05, 3.63) is 48.4 Å². The second-order valence-electron chi connectivity index (χ2n) is 2.86. The van der Waals surface area contributed by atoms with Crippen LogP contribution in [0, 0.1) is 6.92 Å². The van der Waals surface area contributed by atoms with Crippen LogP contribution in [0.5, 0.6) is 11.6 Å². The van der Waals surface area contributed by atoms with E-state index in [1.165, 1.54) is 0 Å². The Morgan fingerprint density at radius 1 is 1.07 bits per heavy atom. The van der Waals surface area contributed by atoms with Crippen LogP contribution in [0.25, 0.3) is 0 Å². The molecule has 70 valence electrons. The molecule has 0 radical (unpaired) electrons. The van der Waals surface area contributed by atoms with Crippen LogP contribution in [0.2, 0.25) is 0 Å². The van der Waals surface area contributed by atoms with E-state index in [4.69, 9.17) is 4.74 Å². The highest BCUT2D eigenvalue weighted by molar-refractivity contribution is 5.25. The third-order valence-corrected chi connectivity index (χ3v) is 1.72. The van der Waals surface area contributed by atoms with Gasteiger partial charge in [-0.3, -0.25) is 0 Å². The zero-order chi connectivity index (χ0) is 9.80. The lowest BCUT2D eigenvalue weighted by atomic mass is 10.3.